The van der Waals surface area contributed by atoms with Crippen molar-refractivity contribution in [2.75, 3.05) is 5.32 Å². The maximum Gasteiger partial charge on any atom is 0.223 e. The number of halogens is 2. The lowest BCUT2D eigenvalue weighted by molar-refractivity contribution is 0.861. The van der Waals surface area contributed by atoms with Crippen LogP contribution < -0.4 is 5.32 Å². The van der Waals surface area contributed by atoms with Gasteiger partial charge in [0.15, 0.2) is 0 Å². The summed E-state index contributed by atoms with van der Waals surface area (Å²) in [5.41, 5.74) is 0.962. The number of nitrogens with one attached hydrogen (secondary N) is 1. The molecule has 0 aliphatic heterocycles. The second-order valence-electron chi connectivity index (χ2n) is 3.60. The quantitative estimate of drug-likeness (QED) is 0.915. The van der Waals surface area contributed by atoms with Gasteiger partial charge >= 0.3 is 0 Å². The standard InChI is InChI=1S/C12H11Cl2N3/c1-8(17-12-15-5-2-6-16-12)10-4-3-9(13)7-11(10)14/h2-8H,1H3,(H,15,16,17)/t8-/m0/s1. The number of benzene rings is 1. The van der Waals surface area contributed by atoms with Crippen LogP contribution in [0.5, 0.6) is 0 Å². The highest BCUT2D eigenvalue weighted by atomic mass is 35.5. The van der Waals surface area contributed by atoms with E-state index in [1.165, 1.54) is 0 Å². The molecule has 1 heterocycles. The number of rotatable bonds is 3. The topological polar surface area (TPSA) is 37.8 Å². The van der Waals surface area contributed by atoms with Gasteiger partial charge in [0.1, 0.15) is 0 Å². The van der Waals surface area contributed by atoms with Crippen LogP contribution in [0.4, 0.5) is 5.95 Å². The van der Waals surface area contributed by atoms with Crippen molar-refractivity contribution in [3.05, 3.63) is 52.3 Å². The molecule has 2 rings (SSSR count). The monoisotopic (exact) mass is 267 g/mol. The molecule has 0 radical (unpaired) electrons. The minimum atomic E-state index is 0.0159. The van der Waals surface area contributed by atoms with Crippen molar-refractivity contribution >= 4 is 29.2 Å². The molecule has 88 valence electrons. The smallest absolute Gasteiger partial charge is 0.223 e. The van der Waals surface area contributed by atoms with E-state index in [0.29, 0.717) is 16.0 Å². The summed E-state index contributed by atoms with van der Waals surface area (Å²) in [6, 6.07) is 7.22. The normalized spacial score (nSPS) is 12.2. The number of aromatic nitrogens is 2. The summed E-state index contributed by atoms with van der Waals surface area (Å²) in [6.07, 6.45) is 3.37. The van der Waals surface area contributed by atoms with E-state index in [9.17, 15) is 0 Å². The van der Waals surface area contributed by atoms with E-state index in [1.54, 1.807) is 24.5 Å². The van der Waals surface area contributed by atoms with Crippen molar-refractivity contribution in [1.82, 2.24) is 9.97 Å². The largest absolute Gasteiger partial charge is 0.348 e. The van der Waals surface area contributed by atoms with Gasteiger partial charge in [0, 0.05) is 22.4 Å². The highest BCUT2D eigenvalue weighted by Crippen LogP contribution is 2.27. The molecule has 2 aromatic rings. The molecule has 0 aliphatic carbocycles. The van der Waals surface area contributed by atoms with E-state index in [0.717, 1.165) is 5.56 Å². The summed E-state index contributed by atoms with van der Waals surface area (Å²) in [5, 5.41) is 4.43. The van der Waals surface area contributed by atoms with Crippen LogP contribution in [0.1, 0.15) is 18.5 Å². The maximum atomic E-state index is 6.13. The lowest BCUT2D eigenvalue weighted by Crippen LogP contribution is -2.09. The van der Waals surface area contributed by atoms with Crippen LogP contribution in [0, 0.1) is 0 Å². The molecule has 0 unspecified atom stereocenters. The zero-order chi connectivity index (χ0) is 12.3. The Morgan fingerprint density at radius 1 is 1.18 bits per heavy atom. The van der Waals surface area contributed by atoms with Gasteiger partial charge in [-0.2, -0.15) is 0 Å². The molecule has 0 amide bonds. The third-order valence-corrected chi connectivity index (χ3v) is 2.90. The van der Waals surface area contributed by atoms with Crippen LogP contribution in [-0.4, -0.2) is 9.97 Å². The molecule has 17 heavy (non-hydrogen) atoms. The minimum absolute atomic E-state index is 0.0159. The molecule has 0 spiro atoms. The minimum Gasteiger partial charge on any atom is -0.348 e. The van der Waals surface area contributed by atoms with E-state index in [1.807, 2.05) is 19.1 Å². The lowest BCUT2D eigenvalue weighted by Gasteiger charge is -2.15. The van der Waals surface area contributed by atoms with Crippen molar-refractivity contribution in [1.29, 1.82) is 0 Å². The Bertz CT molecular complexity index is 502. The van der Waals surface area contributed by atoms with Gasteiger partial charge in [0.2, 0.25) is 5.95 Å². The fourth-order valence-electron chi connectivity index (χ4n) is 1.50. The average Bonchev–Trinajstić information content (AvgIpc) is 2.30. The first-order valence-electron chi connectivity index (χ1n) is 5.15. The first kappa shape index (κ1) is 12.1. The number of anilines is 1. The molecule has 0 aliphatic rings. The molecule has 1 atom stereocenters. The van der Waals surface area contributed by atoms with Crippen molar-refractivity contribution in [2.45, 2.75) is 13.0 Å². The lowest BCUT2D eigenvalue weighted by atomic mass is 10.1. The predicted molar refractivity (Wildman–Crippen MR) is 70.5 cm³/mol. The number of hydrogen-bond acceptors (Lipinski definition) is 3. The Hall–Kier alpha value is -1.32. The van der Waals surface area contributed by atoms with Crippen molar-refractivity contribution in [3.8, 4) is 0 Å². The van der Waals surface area contributed by atoms with Crippen LogP contribution in [0.15, 0.2) is 36.7 Å². The van der Waals surface area contributed by atoms with Crippen LogP contribution in [0.2, 0.25) is 10.0 Å². The Morgan fingerprint density at radius 2 is 1.88 bits per heavy atom. The summed E-state index contributed by atoms with van der Waals surface area (Å²) < 4.78 is 0. The van der Waals surface area contributed by atoms with E-state index >= 15 is 0 Å². The predicted octanol–water partition coefficient (Wildman–Crippen LogP) is 3.96. The van der Waals surface area contributed by atoms with E-state index in [2.05, 4.69) is 15.3 Å². The fraction of sp³-hybridized carbons (Fsp3) is 0.167. The summed E-state index contributed by atoms with van der Waals surface area (Å²) in [5.74, 6) is 0.575. The highest BCUT2D eigenvalue weighted by molar-refractivity contribution is 6.35. The second kappa shape index (κ2) is 5.34. The summed E-state index contributed by atoms with van der Waals surface area (Å²) in [6.45, 7) is 1.99. The van der Waals surface area contributed by atoms with Gasteiger partial charge in [0.25, 0.3) is 0 Å². The van der Waals surface area contributed by atoms with E-state index in [-0.39, 0.29) is 6.04 Å². The van der Waals surface area contributed by atoms with Crippen molar-refractivity contribution < 1.29 is 0 Å². The molecule has 5 heteroatoms. The first-order valence-corrected chi connectivity index (χ1v) is 5.91. The van der Waals surface area contributed by atoms with Crippen LogP contribution in [-0.2, 0) is 0 Å². The van der Waals surface area contributed by atoms with Gasteiger partial charge in [-0.05, 0) is 30.7 Å². The Balaban J connectivity index is 2.17. The molecular weight excluding hydrogens is 257 g/mol. The second-order valence-corrected chi connectivity index (χ2v) is 4.45. The molecule has 0 fully saturated rings. The molecule has 3 nitrogen and oxygen atoms in total. The molecule has 0 saturated carbocycles. The SMILES string of the molecule is C[C@H](Nc1ncccn1)c1ccc(Cl)cc1Cl. The van der Waals surface area contributed by atoms with Crippen LogP contribution in [0.3, 0.4) is 0 Å². The first-order chi connectivity index (χ1) is 8.16. The summed E-state index contributed by atoms with van der Waals surface area (Å²) in [4.78, 5) is 8.20. The Labute approximate surface area is 110 Å². The van der Waals surface area contributed by atoms with Gasteiger partial charge in [0.05, 0.1) is 6.04 Å². The van der Waals surface area contributed by atoms with Gasteiger partial charge in [-0.15, -0.1) is 0 Å². The average molecular weight is 268 g/mol. The highest BCUT2D eigenvalue weighted by Gasteiger charge is 2.10. The van der Waals surface area contributed by atoms with E-state index < -0.39 is 0 Å². The number of hydrogen-bond donors (Lipinski definition) is 1. The number of nitrogens with zero attached hydrogens (tertiary/aromatic N) is 2. The Kier molecular flexibility index (Phi) is 3.82. The molecule has 0 saturated heterocycles. The van der Waals surface area contributed by atoms with E-state index in [4.69, 9.17) is 23.2 Å². The Morgan fingerprint density at radius 3 is 2.53 bits per heavy atom. The van der Waals surface area contributed by atoms with Gasteiger partial charge in [-0.25, -0.2) is 9.97 Å². The third kappa shape index (κ3) is 3.08. The third-order valence-electron chi connectivity index (χ3n) is 2.34. The van der Waals surface area contributed by atoms with Gasteiger partial charge in [-0.1, -0.05) is 29.3 Å². The zero-order valence-corrected chi connectivity index (χ0v) is 10.7. The summed E-state index contributed by atoms with van der Waals surface area (Å²) >= 11 is 12.0. The van der Waals surface area contributed by atoms with Gasteiger partial charge < -0.3 is 5.32 Å². The van der Waals surface area contributed by atoms with Crippen molar-refractivity contribution in [2.24, 2.45) is 0 Å². The van der Waals surface area contributed by atoms with Crippen LogP contribution in [0.25, 0.3) is 0 Å². The van der Waals surface area contributed by atoms with Crippen LogP contribution >= 0.6 is 23.2 Å². The zero-order valence-electron chi connectivity index (χ0n) is 9.19. The summed E-state index contributed by atoms with van der Waals surface area (Å²) in [7, 11) is 0. The molecule has 1 aromatic heterocycles. The van der Waals surface area contributed by atoms with Crippen molar-refractivity contribution in [3.63, 3.8) is 0 Å². The maximum absolute atomic E-state index is 6.13. The molecular formula is C12H11Cl2N3. The molecule has 1 N–H and O–H groups in total. The molecule has 0 bridgehead atoms. The fourth-order valence-corrected chi connectivity index (χ4v) is 2.07. The van der Waals surface area contributed by atoms with Gasteiger partial charge in [-0.3, -0.25) is 0 Å². The molecule has 1 aromatic carbocycles.